The van der Waals surface area contributed by atoms with E-state index in [9.17, 15) is 0 Å². The van der Waals surface area contributed by atoms with E-state index in [2.05, 4.69) is 4.98 Å². The molecule has 0 saturated heterocycles. The highest BCUT2D eigenvalue weighted by atomic mass is 35.5. The van der Waals surface area contributed by atoms with Crippen LogP contribution in [0.2, 0.25) is 0 Å². The fraction of sp³-hybridized carbons (Fsp3) is 0.583. The lowest BCUT2D eigenvalue weighted by Gasteiger charge is -2.09. The Morgan fingerprint density at radius 3 is 2.88 bits per heavy atom. The fourth-order valence-electron chi connectivity index (χ4n) is 1.27. The molecule has 0 aliphatic carbocycles. The summed E-state index contributed by atoms with van der Waals surface area (Å²) in [4.78, 5) is 3.98. The molecule has 0 aliphatic heterocycles. The highest BCUT2D eigenvalue weighted by Crippen LogP contribution is 2.18. The Balaban J connectivity index is 2.13. The zero-order valence-corrected chi connectivity index (χ0v) is 10.8. The van der Waals surface area contributed by atoms with Gasteiger partial charge in [0.15, 0.2) is 0 Å². The quantitative estimate of drug-likeness (QED) is 0.504. The lowest BCUT2D eigenvalue weighted by Crippen LogP contribution is -2.09. The summed E-state index contributed by atoms with van der Waals surface area (Å²) in [5.41, 5.74) is 0.897. The van der Waals surface area contributed by atoms with Gasteiger partial charge in [0.25, 0.3) is 0 Å². The summed E-state index contributed by atoms with van der Waals surface area (Å²) in [7, 11) is 1.68. The number of aromatic nitrogens is 1. The molecule has 0 fully saturated rings. The number of hydrogen-bond donors (Lipinski definition) is 0. The summed E-state index contributed by atoms with van der Waals surface area (Å²) in [5, 5.41) is 0. The number of pyridine rings is 1. The maximum absolute atomic E-state index is 5.76. The van der Waals surface area contributed by atoms with Crippen molar-refractivity contribution in [2.24, 2.45) is 0 Å². The maximum atomic E-state index is 5.76. The van der Waals surface area contributed by atoms with Gasteiger partial charge in [-0.2, -0.15) is 0 Å². The normalized spacial score (nSPS) is 10.5. The maximum Gasteiger partial charge on any atom is 0.126 e. The molecule has 0 unspecified atom stereocenters. The number of hydrogen-bond acceptors (Lipinski definition) is 4. The van der Waals surface area contributed by atoms with E-state index in [-0.39, 0.29) is 0 Å². The lowest BCUT2D eigenvalue weighted by molar-refractivity contribution is 0.0804. The first kappa shape index (κ1) is 14.2. The van der Waals surface area contributed by atoms with Gasteiger partial charge in [0.1, 0.15) is 12.4 Å². The van der Waals surface area contributed by atoms with Crippen molar-refractivity contribution in [3.63, 3.8) is 0 Å². The van der Waals surface area contributed by atoms with Crippen molar-refractivity contribution in [2.45, 2.75) is 12.3 Å². The molecule has 0 atom stereocenters. The Hall–Kier alpha value is -0.840. The predicted molar refractivity (Wildman–Crippen MR) is 66.6 cm³/mol. The van der Waals surface area contributed by atoms with Crippen LogP contribution < -0.4 is 4.74 Å². The molecule has 0 radical (unpaired) electrons. The van der Waals surface area contributed by atoms with Crippen LogP contribution in [0.25, 0.3) is 0 Å². The van der Waals surface area contributed by atoms with Crippen molar-refractivity contribution in [3.05, 3.63) is 24.0 Å². The van der Waals surface area contributed by atoms with Crippen molar-refractivity contribution in [3.8, 4) is 5.75 Å². The molecule has 17 heavy (non-hydrogen) atoms. The molecule has 0 aliphatic rings. The molecule has 96 valence electrons. The van der Waals surface area contributed by atoms with Crippen molar-refractivity contribution < 1.29 is 14.2 Å². The van der Waals surface area contributed by atoms with Crippen LogP contribution in [0.1, 0.15) is 12.0 Å². The molecule has 1 heterocycles. The van der Waals surface area contributed by atoms with E-state index in [0.29, 0.717) is 25.7 Å². The fourth-order valence-corrected chi connectivity index (χ4v) is 1.47. The molecule has 5 heteroatoms. The van der Waals surface area contributed by atoms with Gasteiger partial charge in [-0.1, -0.05) is 0 Å². The Morgan fingerprint density at radius 1 is 1.24 bits per heavy atom. The zero-order chi connectivity index (χ0) is 12.3. The second-order valence-electron chi connectivity index (χ2n) is 3.42. The van der Waals surface area contributed by atoms with Crippen molar-refractivity contribution in [2.75, 3.05) is 33.5 Å². The molecule has 0 N–H and O–H groups in total. The van der Waals surface area contributed by atoms with E-state index in [1.54, 1.807) is 19.5 Å². The SMILES string of the molecule is COCCCOCCOc1ccncc1CCl. The van der Waals surface area contributed by atoms with E-state index in [1.165, 1.54) is 0 Å². The molecular formula is C12H18ClNO3. The van der Waals surface area contributed by atoms with Crippen LogP contribution in [0.3, 0.4) is 0 Å². The summed E-state index contributed by atoms with van der Waals surface area (Å²) < 4.78 is 15.8. The largest absolute Gasteiger partial charge is 0.491 e. The van der Waals surface area contributed by atoms with Gasteiger partial charge in [-0.3, -0.25) is 4.98 Å². The number of alkyl halides is 1. The Labute approximate surface area is 107 Å². The van der Waals surface area contributed by atoms with Gasteiger partial charge >= 0.3 is 0 Å². The molecule has 1 rings (SSSR count). The highest BCUT2D eigenvalue weighted by Gasteiger charge is 2.01. The summed E-state index contributed by atoms with van der Waals surface area (Å²) in [6, 6.07) is 1.81. The average Bonchev–Trinajstić information content (AvgIpc) is 2.38. The van der Waals surface area contributed by atoms with Gasteiger partial charge in [0, 0.05) is 38.3 Å². The van der Waals surface area contributed by atoms with Gasteiger partial charge < -0.3 is 14.2 Å². The number of nitrogens with zero attached hydrogens (tertiary/aromatic N) is 1. The minimum atomic E-state index is 0.401. The lowest BCUT2D eigenvalue weighted by atomic mass is 10.3. The third-order valence-electron chi connectivity index (χ3n) is 2.13. The first-order valence-corrected chi connectivity index (χ1v) is 6.10. The Morgan fingerprint density at radius 2 is 2.12 bits per heavy atom. The van der Waals surface area contributed by atoms with Crippen LogP contribution in [-0.4, -0.2) is 38.5 Å². The Kier molecular flexibility index (Phi) is 7.71. The summed E-state index contributed by atoms with van der Waals surface area (Å²) in [6.07, 6.45) is 4.30. The standard InChI is InChI=1S/C12H18ClNO3/c1-15-5-2-6-16-7-8-17-12-3-4-14-10-11(12)9-13/h3-4,10H,2,5-9H2,1H3. The highest BCUT2D eigenvalue weighted by molar-refractivity contribution is 6.17. The van der Waals surface area contributed by atoms with Crippen molar-refractivity contribution in [1.82, 2.24) is 4.98 Å². The van der Waals surface area contributed by atoms with Gasteiger partial charge in [0.2, 0.25) is 0 Å². The van der Waals surface area contributed by atoms with E-state index in [1.807, 2.05) is 6.07 Å². The first-order valence-electron chi connectivity index (χ1n) is 5.56. The number of methoxy groups -OCH3 is 1. The summed E-state index contributed by atoms with van der Waals surface area (Å²) in [5.74, 6) is 1.17. The second-order valence-corrected chi connectivity index (χ2v) is 3.69. The van der Waals surface area contributed by atoms with Gasteiger partial charge in [-0.25, -0.2) is 0 Å². The van der Waals surface area contributed by atoms with Crippen LogP contribution >= 0.6 is 11.6 Å². The third kappa shape index (κ3) is 5.86. The molecule has 0 bridgehead atoms. The average molecular weight is 260 g/mol. The second kappa shape index (κ2) is 9.22. The van der Waals surface area contributed by atoms with E-state index in [4.69, 9.17) is 25.8 Å². The predicted octanol–water partition coefficient (Wildman–Crippen LogP) is 2.25. The van der Waals surface area contributed by atoms with Crippen molar-refractivity contribution >= 4 is 11.6 Å². The summed E-state index contributed by atoms with van der Waals surface area (Å²) >= 11 is 5.76. The van der Waals surface area contributed by atoms with Crippen LogP contribution in [-0.2, 0) is 15.4 Å². The minimum Gasteiger partial charge on any atom is -0.491 e. The minimum absolute atomic E-state index is 0.401. The number of rotatable bonds is 9. The molecule has 4 nitrogen and oxygen atoms in total. The molecule has 0 spiro atoms. The number of halogens is 1. The van der Waals surface area contributed by atoms with Gasteiger partial charge in [-0.05, 0) is 12.5 Å². The third-order valence-corrected chi connectivity index (χ3v) is 2.41. The Bertz CT molecular complexity index is 310. The first-order chi connectivity index (χ1) is 8.38. The van der Waals surface area contributed by atoms with E-state index < -0.39 is 0 Å². The molecule has 0 aromatic carbocycles. The van der Waals surface area contributed by atoms with E-state index in [0.717, 1.165) is 24.3 Å². The molecule has 0 amide bonds. The molecule has 1 aromatic heterocycles. The number of ether oxygens (including phenoxy) is 3. The van der Waals surface area contributed by atoms with Crippen molar-refractivity contribution in [1.29, 1.82) is 0 Å². The summed E-state index contributed by atoms with van der Waals surface area (Å²) in [6.45, 7) is 2.49. The zero-order valence-electron chi connectivity index (χ0n) is 10.0. The molecule has 0 saturated carbocycles. The molecular weight excluding hydrogens is 242 g/mol. The van der Waals surface area contributed by atoms with Crippen LogP contribution in [0.4, 0.5) is 0 Å². The van der Waals surface area contributed by atoms with E-state index >= 15 is 0 Å². The van der Waals surface area contributed by atoms with Crippen LogP contribution in [0, 0.1) is 0 Å². The van der Waals surface area contributed by atoms with Gasteiger partial charge in [0.05, 0.1) is 12.5 Å². The monoisotopic (exact) mass is 259 g/mol. The van der Waals surface area contributed by atoms with Crippen LogP contribution in [0.5, 0.6) is 5.75 Å². The smallest absolute Gasteiger partial charge is 0.126 e. The topological polar surface area (TPSA) is 40.6 Å². The van der Waals surface area contributed by atoms with Gasteiger partial charge in [-0.15, -0.1) is 11.6 Å². The molecule has 1 aromatic rings. The van der Waals surface area contributed by atoms with Crippen LogP contribution in [0.15, 0.2) is 18.5 Å².